The zero-order valence-electron chi connectivity index (χ0n) is 22.3. The molecule has 6 heteroatoms. The van der Waals surface area contributed by atoms with E-state index in [4.69, 9.17) is 14.2 Å². The number of unbranched alkanes of at least 4 members (excludes halogenated alkanes) is 1. The molecule has 0 saturated carbocycles. The summed E-state index contributed by atoms with van der Waals surface area (Å²) in [4.78, 5) is 13.5. The van der Waals surface area contributed by atoms with Gasteiger partial charge in [-0.25, -0.2) is 0 Å². The van der Waals surface area contributed by atoms with Crippen molar-refractivity contribution in [3.05, 3.63) is 41.5 Å². The predicted octanol–water partition coefficient (Wildman–Crippen LogP) is 5.90. The van der Waals surface area contributed by atoms with Crippen LogP contribution in [0.2, 0.25) is 0 Å². The van der Waals surface area contributed by atoms with E-state index in [1.807, 2.05) is 30.3 Å². The van der Waals surface area contributed by atoms with Gasteiger partial charge in [0.05, 0.1) is 19.8 Å². The van der Waals surface area contributed by atoms with Crippen LogP contribution in [0.15, 0.2) is 30.3 Å². The summed E-state index contributed by atoms with van der Waals surface area (Å²) in [5.74, 6) is 2.20. The second-order valence-electron chi connectivity index (χ2n) is 10.6. The van der Waals surface area contributed by atoms with E-state index < -0.39 is 0 Å². The Morgan fingerprint density at radius 1 is 0.784 bits per heavy atom. The maximum Gasteiger partial charge on any atom is 0.194 e. The molecule has 37 heavy (non-hydrogen) atoms. The van der Waals surface area contributed by atoms with Gasteiger partial charge in [-0.1, -0.05) is 38.3 Å². The Labute approximate surface area is 221 Å². The van der Waals surface area contributed by atoms with E-state index >= 15 is 0 Å². The first kappa shape index (κ1) is 26.1. The number of carbonyl (C=O) groups is 1. The summed E-state index contributed by atoms with van der Waals surface area (Å²) in [5, 5.41) is 7.17. The van der Waals surface area contributed by atoms with Crippen molar-refractivity contribution in [2.75, 3.05) is 32.9 Å². The van der Waals surface area contributed by atoms with Crippen LogP contribution in [-0.2, 0) is 0 Å². The molecular weight excluding hydrogens is 464 g/mol. The van der Waals surface area contributed by atoms with Gasteiger partial charge in [0, 0.05) is 40.4 Å². The zero-order valence-corrected chi connectivity index (χ0v) is 22.3. The highest BCUT2D eigenvalue weighted by atomic mass is 16.5. The number of benzene rings is 2. The fraction of sp³-hybridized carbons (Fsp3) is 0.581. The molecule has 2 unspecified atom stereocenters. The number of ketones is 1. The molecule has 200 valence electrons. The van der Waals surface area contributed by atoms with Gasteiger partial charge in [0.2, 0.25) is 0 Å². The second kappa shape index (κ2) is 12.8. The lowest BCUT2D eigenvalue weighted by Crippen LogP contribution is -2.35. The number of carbonyl (C=O) groups excluding carboxylic acids is 1. The molecule has 2 heterocycles. The Bertz CT molecular complexity index is 1060. The van der Waals surface area contributed by atoms with Crippen LogP contribution in [0.25, 0.3) is 11.1 Å². The SMILES string of the molecule is CCCCOc1cc(OCCC2CCCCN2)cc2c1-c1c(OCCC3CCCCN3)cccc1C2=O. The summed E-state index contributed by atoms with van der Waals surface area (Å²) in [6.45, 7) is 6.19. The highest BCUT2D eigenvalue weighted by Gasteiger charge is 2.33. The Morgan fingerprint density at radius 3 is 2.14 bits per heavy atom. The van der Waals surface area contributed by atoms with Crippen molar-refractivity contribution in [1.29, 1.82) is 0 Å². The van der Waals surface area contributed by atoms with Crippen LogP contribution in [0.4, 0.5) is 0 Å². The van der Waals surface area contributed by atoms with E-state index in [2.05, 4.69) is 17.6 Å². The van der Waals surface area contributed by atoms with Gasteiger partial charge in [0.25, 0.3) is 0 Å². The van der Waals surface area contributed by atoms with Crippen molar-refractivity contribution in [3.63, 3.8) is 0 Å². The van der Waals surface area contributed by atoms with Crippen LogP contribution >= 0.6 is 0 Å². The molecule has 2 aromatic rings. The quantitative estimate of drug-likeness (QED) is 0.298. The zero-order chi connectivity index (χ0) is 25.5. The summed E-state index contributed by atoms with van der Waals surface area (Å²) in [6, 6.07) is 10.7. The molecule has 2 N–H and O–H groups in total. The molecule has 5 rings (SSSR count). The molecule has 0 spiro atoms. The van der Waals surface area contributed by atoms with Crippen molar-refractivity contribution < 1.29 is 19.0 Å². The van der Waals surface area contributed by atoms with Crippen LogP contribution in [0, 0.1) is 0 Å². The lowest BCUT2D eigenvalue weighted by molar-refractivity contribution is 0.104. The summed E-state index contributed by atoms with van der Waals surface area (Å²) in [7, 11) is 0. The summed E-state index contributed by atoms with van der Waals surface area (Å²) in [5.41, 5.74) is 3.05. The van der Waals surface area contributed by atoms with E-state index in [9.17, 15) is 4.79 Å². The van der Waals surface area contributed by atoms with Crippen molar-refractivity contribution in [1.82, 2.24) is 10.6 Å². The average Bonchev–Trinajstić information content (AvgIpc) is 3.23. The van der Waals surface area contributed by atoms with Gasteiger partial charge in [0.1, 0.15) is 17.2 Å². The molecule has 2 saturated heterocycles. The van der Waals surface area contributed by atoms with E-state index in [0.29, 0.717) is 54.5 Å². The average molecular weight is 507 g/mol. The molecule has 0 amide bonds. The molecule has 0 bridgehead atoms. The first-order valence-corrected chi connectivity index (χ1v) is 14.5. The van der Waals surface area contributed by atoms with E-state index in [1.165, 1.54) is 38.5 Å². The van der Waals surface area contributed by atoms with Gasteiger partial charge >= 0.3 is 0 Å². The first-order valence-electron chi connectivity index (χ1n) is 14.5. The highest BCUT2D eigenvalue weighted by Crippen LogP contribution is 2.49. The Morgan fingerprint density at radius 2 is 1.46 bits per heavy atom. The van der Waals surface area contributed by atoms with Gasteiger partial charge in [0.15, 0.2) is 5.78 Å². The lowest BCUT2D eigenvalue weighted by atomic mass is 10.0. The number of rotatable bonds is 12. The second-order valence-corrected chi connectivity index (χ2v) is 10.6. The third-order valence-corrected chi connectivity index (χ3v) is 7.88. The number of hydrogen-bond donors (Lipinski definition) is 2. The molecule has 2 fully saturated rings. The van der Waals surface area contributed by atoms with Crippen molar-refractivity contribution in [2.45, 2.75) is 83.2 Å². The summed E-state index contributed by atoms with van der Waals surface area (Å²) in [6.07, 6.45) is 11.4. The Hall–Kier alpha value is -2.57. The fourth-order valence-corrected chi connectivity index (χ4v) is 5.77. The summed E-state index contributed by atoms with van der Waals surface area (Å²) < 4.78 is 18.8. The minimum atomic E-state index is 0.0177. The van der Waals surface area contributed by atoms with E-state index in [-0.39, 0.29) is 5.78 Å². The molecule has 2 aromatic carbocycles. The van der Waals surface area contributed by atoms with Gasteiger partial charge in [-0.2, -0.15) is 0 Å². The largest absolute Gasteiger partial charge is 0.493 e. The molecule has 3 aliphatic rings. The van der Waals surface area contributed by atoms with Crippen LogP contribution in [0.5, 0.6) is 17.2 Å². The lowest BCUT2D eigenvalue weighted by Gasteiger charge is -2.24. The highest BCUT2D eigenvalue weighted by molar-refractivity contribution is 6.23. The van der Waals surface area contributed by atoms with Crippen LogP contribution < -0.4 is 24.8 Å². The maximum atomic E-state index is 13.5. The Balaban J connectivity index is 1.35. The molecular formula is C31H42N2O4. The third-order valence-electron chi connectivity index (χ3n) is 7.88. The molecule has 0 aromatic heterocycles. The van der Waals surface area contributed by atoms with Crippen LogP contribution in [0.1, 0.15) is 87.1 Å². The number of nitrogens with one attached hydrogen (secondary N) is 2. The molecule has 0 radical (unpaired) electrons. The summed E-state index contributed by atoms with van der Waals surface area (Å²) >= 11 is 0. The van der Waals surface area contributed by atoms with Gasteiger partial charge in [-0.05, 0) is 70.2 Å². The number of ether oxygens (including phenoxy) is 3. The standard InChI is InChI=1S/C31H42N2O4/c1-2-3-17-36-28-21-24(35-18-13-22-9-4-6-15-32-22)20-26-30(28)29-25(31(26)34)11-8-12-27(29)37-19-14-23-10-5-7-16-33-23/h8,11-12,20-23,32-33H,2-7,9-10,13-19H2,1H3. The normalized spacial score (nSPS) is 20.8. The van der Waals surface area contributed by atoms with Crippen molar-refractivity contribution in [2.24, 2.45) is 0 Å². The third kappa shape index (κ3) is 6.29. The van der Waals surface area contributed by atoms with Crippen LogP contribution in [-0.4, -0.2) is 50.8 Å². The van der Waals surface area contributed by atoms with Gasteiger partial charge in [-0.15, -0.1) is 0 Å². The Kier molecular flexibility index (Phi) is 9.01. The molecule has 2 atom stereocenters. The number of hydrogen-bond acceptors (Lipinski definition) is 6. The molecule has 1 aliphatic carbocycles. The minimum absolute atomic E-state index is 0.0177. The smallest absolute Gasteiger partial charge is 0.194 e. The molecule has 2 aliphatic heterocycles. The van der Waals surface area contributed by atoms with E-state index in [0.717, 1.165) is 55.6 Å². The van der Waals surface area contributed by atoms with Crippen molar-refractivity contribution >= 4 is 5.78 Å². The van der Waals surface area contributed by atoms with Crippen molar-refractivity contribution in [3.8, 4) is 28.4 Å². The number of piperidine rings is 2. The van der Waals surface area contributed by atoms with E-state index in [1.54, 1.807) is 0 Å². The molecule has 6 nitrogen and oxygen atoms in total. The van der Waals surface area contributed by atoms with Crippen LogP contribution in [0.3, 0.4) is 0 Å². The fourth-order valence-electron chi connectivity index (χ4n) is 5.77. The van der Waals surface area contributed by atoms with Gasteiger partial charge in [-0.3, -0.25) is 4.79 Å². The first-order chi connectivity index (χ1) is 18.2. The predicted molar refractivity (Wildman–Crippen MR) is 147 cm³/mol. The van der Waals surface area contributed by atoms with Gasteiger partial charge < -0.3 is 24.8 Å². The monoisotopic (exact) mass is 506 g/mol. The maximum absolute atomic E-state index is 13.5. The minimum Gasteiger partial charge on any atom is -0.493 e. The number of fused-ring (bicyclic) bond motifs is 3. The topological polar surface area (TPSA) is 68.8 Å².